The lowest BCUT2D eigenvalue weighted by Crippen LogP contribution is -2.39. The smallest absolute Gasteiger partial charge is 0.247 e. The number of hydrogen-bond donors (Lipinski definition) is 1. The van der Waals surface area contributed by atoms with Gasteiger partial charge in [-0.3, -0.25) is 9.59 Å². The first-order valence-electron chi connectivity index (χ1n) is 8.03. The largest absolute Gasteiger partial charge is 0.273 e. The Morgan fingerprint density at radius 1 is 0.905 bits per heavy atom. The average Bonchev–Trinajstić information content (AvgIpc) is 2.69. The second-order valence-corrected chi connectivity index (χ2v) is 9.38. The highest BCUT2D eigenvalue weighted by Gasteiger charge is 2.58. The molecule has 21 heavy (non-hydrogen) atoms. The van der Waals surface area contributed by atoms with Crippen LogP contribution in [0.3, 0.4) is 0 Å². The van der Waals surface area contributed by atoms with Gasteiger partial charge in [0.05, 0.1) is 11.8 Å². The fourth-order valence-corrected chi connectivity index (χ4v) is 4.40. The zero-order valence-electron chi connectivity index (χ0n) is 14.3. The normalized spacial score (nSPS) is 33.8. The van der Waals surface area contributed by atoms with Crippen LogP contribution in [0.2, 0.25) is 0 Å². The van der Waals surface area contributed by atoms with Crippen molar-refractivity contribution in [2.75, 3.05) is 0 Å². The van der Waals surface area contributed by atoms with Crippen LogP contribution in [0.15, 0.2) is 0 Å². The number of hydrogen-bond acceptors (Lipinski definition) is 3. The fraction of sp³-hybridized carbons (Fsp3) is 0.882. The van der Waals surface area contributed by atoms with Crippen molar-refractivity contribution < 1.29 is 9.59 Å². The van der Waals surface area contributed by atoms with Gasteiger partial charge in [-0.25, -0.2) is 10.9 Å². The van der Waals surface area contributed by atoms with Gasteiger partial charge in [0.25, 0.3) is 0 Å². The Hall–Kier alpha value is -0.900. The number of fused-ring (bicyclic) bond motifs is 1. The van der Waals surface area contributed by atoms with Crippen LogP contribution in [0, 0.1) is 34.5 Å². The van der Waals surface area contributed by atoms with Gasteiger partial charge in [0, 0.05) is 0 Å². The van der Waals surface area contributed by atoms with Crippen LogP contribution >= 0.6 is 0 Å². The lowest BCUT2D eigenvalue weighted by molar-refractivity contribution is -0.141. The van der Waals surface area contributed by atoms with Crippen molar-refractivity contribution >= 4 is 11.8 Å². The maximum absolute atomic E-state index is 12.4. The molecule has 0 aromatic heterocycles. The third kappa shape index (κ3) is 3.31. The van der Waals surface area contributed by atoms with E-state index in [9.17, 15) is 9.59 Å². The Labute approximate surface area is 128 Å². The summed E-state index contributed by atoms with van der Waals surface area (Å²) in [5, 5.41) is 0.889. The molecule has 4 heteroatoms. The summed E-state index contributed by atoms with van der Waals surface area (Å²) in [5.74, 6) is 5.58. The Morgan fingerprint density at radius 2 is 1.24 bits per heavy atom. The van der Waals surface area contributed by atoms with E-state index in [4.69, 9.17) is 5.84 Å². The van der Waals surface area contributed by atoms with Crippen LogP contribution in [-0.2, 0) is 9.59 Å². The molecule has 1 aliphatic carbocycles. The third-order valence-electron chi connectivity index (χ3n) is 4.80. The summed E-state index contributed by atoms with van der Waals surface area (Å²) < 4.78 is 0. The van der Waals surface area contributed by atoms with E-state index in [-0.39, 0.29) is 46.3 Å². The molecule has 4 unspecified atom stereocenters. The first-order chi connectivity index (χ1) is 9.41. The van der Waals surface area contributed by atoms with Gasteiger partial charge in [-0.15, -0.1) is 0 Å². The van der Waals surface area contributed by atoms with Gasteiger partial charge in [-0.05, 0) is 41.9 Å². The molecule has 120 valence electrons. The van der Waals surface area contributed by atoms with E-state index >= 15 is 0 Å². The highest BCUT2D eigenvalue weighted by Crippen LogP contribution is 2.53. The molecule has 2 aliphatic rings. The van der Waals surface area contributed by atoms with Crippen molar-refractivity contribution in [3.63, 3.8) is 0 Å². The van der Waals surface area contributed by atoms with Crippen LogP contribution in [0.25, 0.3) is 0 Å². The molecule has 4 atom stereocenters. The molecular formula is C17H30N2O2. The van der Waals surface area contributed by atoms with Crippen molar-refractivity contribution in [2.24, 2.45) is 40.3 Å². The Bertz CT molecular complexity index is 405. The predicted octanol–water partition coefficient (Wildman–Crippen LogP) is 2.97. The molecule has 4 nitrogen and oxygen atoms in total. The van der Waals surface area contributed by atoms with E-state index in [1.54, 1.807) is 0 Å². The van der Waals surface area contributed by atoms with Gasteiger partial charge in [0.15, 0.2) is 0 Å². The molecule has 0 radical (unpaired) electrons. The minimum Gasteiger partial charge on any atom is -0.273 e. The minimum absolute atomic E-state index is 0.157. The Balaban J connectivity index is 2.27. The quantitative estimate of drug-likeness (QED) is 0.484. The summed E-state index contributed by atoms with van der Waals surface area (Å²) in [5.41, 5.74) is 0.328. The van der Waals surface area contributed by atoms with E-state index in [1.807, 2.05) is 0 Å². The summed E-state index contributed by atoms with van der Waals surface area (Å²) in [6, 6.07) is 0. The monoisotopic (exact) mass is 294 g/mol. The first kappa shape index (κ1) is 16.5. The molecule has 0 aromatic carbocycles. The van der Waals surface area contributed by atoms with E-state index in [0.29, 0.717) is 0 Å². The predicted molar refractivity (Wildman–Crippen MR) is 82.8 cm³/mol. The average molecular weight is 294 g/mol. The number of imide groups is 1. The van der Waals surface area contributed by atoms with Gasteiger partial charge >= 0.3 is 0 Å². The van der Waals surface area contributed by atoms with Crippen LogP contribution in [0.1, 0.15) is 60.8 Å². The van der Waals surface area contributed by atoms with Gasteiger partial charge < -0.3 is 0 Å². The van der Waals surface area contributed by atoms with E-state index in [1.165, 1.54) is 0 Å². The molecule has 1 aliphatic heterocycles. The van der Waals surface area contributed by atoms with Gasteiger partial charge in [-0.2, -0.15) is 0 Å². The van der Waals surface area contributed by atoms with E-state index in [0.717, 1.165) is 24.3 Å². The second-order valence-electron chi connectivity index (χ2n) is 9.38. The molecular weight excluding hydrogens is 264 g/mol. The van der Waals surface area contributed by atoms with Crippen molar-refractivity contribution in [3.8, 4) is 0 Å². The van der Waals surface area contributed by atoms with Crippen molar-refractivity contribution in [3.05, 3.63) is 0 Å². The lowest BCUT2D eigenvalue weighted by Gasteiger charge is -2.27. The molecule has 2 fully saturated rings. The maximum Gasteiger partial charge on any atom is 0.247 e. The molecule has 0 bridgehead atoms. The summed E-state index contributed by atoms with van der Waals surface area (Å²) in [6.07, 6.45) is 2.93. The van der Waals surface area contributed by atoms with Crippen LogP contribution in [-0.4, -0.2) is 16.8 Å². The van der Waals surface area contributed by atoms with Crippen LogP contribution < -0.4 is 5.84 Å². The molecule has 0 aromatic rings. The summed E-state index contributed by atoms with van der Waals surface area (Å²) in [4.78, 5) is 24.8. The summed E-state index contributed by atoms with van der Waals surface area (Å²) in [6.45, 7) is 13.2. The first-order valence-corrected chi connectivity index (χ1v) is 8.03. The van der Waals surface area contributed by atoms with Gasteiger partial charge in [-0.1, -0.05) is 41.5 Å². The summed E-state index contributed by atoms with van der Waals surface area (Å²) >= 11 is 0. The standard InChI is InChI=1S/C17H30N2O2/c1-16(2,3)8-10-7-11(9-17(4,5)6)13-12(10)14(20)19(18)15(13)21/h10-13H,7-9,18H2,1-6H3. The number of nitrogens with two attached hydrogens (primary N) is 1. The van der Waals surface area contributed by atoms with Crippen molar-refractivity contribution in [2.45, 2.75) is 60.8 Å². The molecule has 1 saturated heterocycles. The van der Waals surface area contributed by atoms with Crippen molar-refractivity contribution in [1.82, 2.24) is 5.01 Å². The zero-order chi connectivity index (χ0) is 16.2. The molecule has 2 amide bonds. The van der Waals surface area contributed by atoms with E-state index < -0.39 is 0 Å². The molecule has 1 saturated carbocycles. The number of rotatable bonds is 2. The highest BCUT2D eigenvalue weighted by atomic mass is 16.2. The van der Waals surface area contributed by atoms with Crippen molar-refractivity contribution in [1.29, 1.82) is 0 Å². The SMILES string of the molecule is CC(C)(C)CC1CC(CC(C)(C)C)C2C(=O)N(N)C(=O)C12. The minimum atomic E-state index is -0.186. The van der Waals surface area contributed by atoms with E-state index in [2.05, 4.69) is 41.5 Å². The lowest BCUT2D eigenvalue weighted by atomic mass is 9.78. The zero-order valence-corrected chi connectivity index (χ0v) is 14.3. The Morgan fingerprint density at radius 3 is 1.52 bits per heavy atom. The summed E-state index contributed by atoms with van der Waals surface area (Å²) in [7, 11) is 0. The Kier molecular flexibility index (Phi) is 3.98. The maximum atomic E-state index is 12.4. The number of carbonyl (C=O) groups is 2. The fourth-order valence-electron chi connectivity index (χ4n) is 4.40. The number of amides is 2. The van der Waals surface area contributed by atoms with Crippen LogP contribution in [0.5, 0.6) is 0 Å². The molecule has 1 heterocycles. The number of nitrogens with zero attached hydrogens (tertiary/aromatic N) is 1. The topological polar surface area (TPSA) is 63.4 Å². The second kappa shape index (κ2) is 5.08. The molecule has 2 rings (SSSR count). The highest BCUT2D eigenvalue weighted by molar-refractivity contribution is 6.05. The number of carbonyl (C=O) groups excluding carboxylic acids is 2. The van der Waals surface area contributed by atoms with Crippen LogP contribution in [0.4, 0.5) is 0 Å². The van der Waals surface area contributed by atoms with Gasteiger partial charge in [0.2, 0.25) is 11.8 Å². The molecule has 2 N–H and O–H groups in total. The van der Waals surface area contributed by atoms with Gasteiger partial charge in [0.1, 0.15) is 0 Å². The third-order valence-corrected chi connectivity index (χ3v) is 4.80. The molecule has 0 spiro atoms. The number of hydrazine groups is 1.